The minimum Gasteiger partial charge on any atom is -0.467 e. The number of nitrogen functional groups attached to an aromatic ring is 1. The van der Waals surface area contributed by atoms with Crippen molar-refractivity contribution in [2.45, 2.75) is 38.3 Å². The van der Waals surface area contributed by atoms with Crippen molar-refractivity contribution in [3.63, 3.8) is 0 Å². The molecule has 0 bridgehead atoms. The molecule has 1 aromatic rings. The quantitative estimate of drug-likeness (QED) is 0.669. The number of rotatable bonds is 2. The largest absolute Gasteiger partial charge is 0.467 e. The highest BCUT2D eigenvalue weighted by molar-refractivity contribution is 6.01. The van der Waals surface area contributed by atoms with Gasteiger partial charge in [-0.25, -0.2) is 9.18 Å². The Kier molecular flexibility index (Phi) is 3.83. The van der Waals surface area contributed by atoms with E-state index in [1.54, 1.807) is 24.0 Å². The molecule has 5 nitrogen and oxygen atoms in total. The molecule has 122 valence electrons. The van der Waals surface area contributed by atoms with Crippen LogP contribution in [0.15, 0.2) is 18.2 Å². The van der Waals surface area contributed by atoms with Gasteiger partial charge in [-0.05, 0) is 43.4 Å². The number of carbonyl (C=O) groups excluding carboxylic acids is 2. The maximum Gasteiger partial charge on any atom is 0.328 e. The maximum absolute atomic E-state index is 14.5. The molecule has 1 amide bonds. The van der Waals surface area contributed by atoms with Crippen LogP contribution in [0.4, 0.5) is 10.1 Å². The van der Waals surface area contributed by atoms with Gasteiger partial charge in [0.25, 0.3) is 0 Å². The summed E-state index contributed by atoms with van der Waals surface area (Å²) < 4.78 is 19.2. The van der Waals surface area contributed by atoms with Gasteiger partial charge in [-0.2, -0.15) is 0 Å². The Morgan fingerprint density at radius 1 is 1.39 bits per heavy atom. The first-order valence-electron chi connectivity index (χ1n) is 7.59. The van der Waals surface area contributed by atoms with Crippen LogP contribution >= 0.6 is 0 Å². The standard InChI is InChI=1S/C17H19FN2O3/c1-9-3-5-12(19)15(16(9)18)10-7-11-4-6-13(17(22)23-2)20(11)14(21)8-10/h3,5,8,11,13H,4,6-7,19H2,1-2H3/t11?,13-/m0/s1. The fraction of sp³-hybridized carbons (Fsp3) is 0.412. The van der Waals surface area contributed by atoms with Crippen molar-refractivity contribution in [1.82, 2.24) is 4.90 Å². The van der Waals surface area contributed by atoms with E-state index in [1.165, 1.54) is 13.2 Å². The highest BCUT2D eigenvalue weighted by atomic mass is 19.1. The van der Waals surface area contributed by atoms with Crippen LogP contribution < -0.4 is 5.73 Å². The van der Waals surface area contributed by atoms with Gasteiger partial charge in [-0.15, -0.1) is 0 Å². The first-order valence-corrected chi connectivity index (χ1v) is 7.59. The minimum absolute atomic E-state index is 0.120. The molecule has 1 aromatic carbocycles. The number of hydrogen-bond donors (Lipinski definition) is 1. The molecule has 23 heavy (non-hydrogen) atoms. The van der Waals surface area contributed by atoms with Gasteiger partial charge < -0.3 is 15.4 Å². The first kappa shape index (κ1) is 15.5. The molecule has 2 aliphatic rings. The highest BCUT2D eigenvalue weighted by Crippen LogP contribution is 2.39. The van der Waals surface area contributed by atoms with Crippen LogP contribution in [-0.2, 0) is 14.3 Å². The number of amides is 1. The van der Waals surface area contributed by atoms with Crippen molar-refractivity contribution in [3.8, 4) is 0 Å². The number of methoxy groups -OCH3 is 1. The fourth-order valence-electron chi connectivity index (χ4n) is 3.52. The number of nitrogens with two attached hydrogens (primary N) is 1. The van der Waals surface area contributed by atoms with Crippen molar-refractivity contribution in [2.75, 3.05) is 12.8 Å². The Morgan fingerprint density at radius 2 is 2.13 bits per heavy atom. The molecule has 1 fully saturated rings. The summed E-state index contributed by atoms with van der Waals surface area (Å²) in [7, 11) is 1.31. The molecule has 2 atom stereocenters. The van der Waals surface area contributed by atoms with Crippen LogP contribution in [0.2, 0.25) is 0 Å². The zero-order valence-corrected chi connectivity index (χ0v) is 13.1. The number of halogens is 1. The number of anilines is 1. The second kappa shape index (κ2) is 5.68. The van der Waals surface area contributed by atoms with Gasteiger partial charge in [0, 0.05) is 23.4 Å². The number of carbonyl (C=O) groups is 2. The SMILES string of the molecule is COC(=O)[C@@H]1CCC2CC(c3c(N)ccc(C)c3F)=CC(=O)N21. The fourth-order valence-corrected chi connectivity index (χ4v) is 3.52. The second-order valence-corrected chi connectivity index (χ2v) is 6.05. The van der Waals surface area contributed by atoms with Crippen LogP contribution in [0.3, 0.4) is 0 Å². The van der Waals surface area contributed by atoms with E-state index >= 15 is 0 Å². The lowest BCUT2D eigenvalue weighted by atomic mass is 9.91. The van der Waals surface area contributed by atoms with E-state index < -0.39 is 12.0 Å². The van der Waals surface area contributed by atoms with Gasteiger partial charge in [-0.3, -0.25) is 4.79 Å². The zero-order chi connectivity index (χ0) is 16.7. The van der Waals surface area contributed by atoms with E-state index in [1.807, 2.05) is 0 Å². The third-order valence-electron chi connectivity index (χ3n) is 4.67. The van der Waals surface area contributed by atoms with Crippen molar-refractivity contribution < 1.29 is 18.7 Å². The topological polar surface area (TPSA) is 72.6 Å². The Balaban J connectivity index is 1.98. The van der Waals surface area contributed by atoms with Crippen molar-refractivity contribution in [1.29, 1.82) is 0 Å². The Bertz CT molecular complexity index is 714. The number of nitrogens with zero attached hydrogens (tertiary/aromatic N) is 1. The molecule has 0 radical (unpaired) electrons. The maximum atomic E-state index is 14.5. The molecular weight excluding hydrogens is 299 g/mol. The van der Waals surface area contributed by atoms with E-state index in [0.717, 1.165) is 0 Å². The first-order chi connectivity index (χ1) is 10.9. The summed E-state index contributed by atoms with van der Waals surface area (Å²) in [6.07, 6.45) is 3.14. The number of benzene rings is 1. The van der Waals surface area contributed by atoms with Crippen LogP contribution in [0, 0.1) is 12.7 Å². The van der Waals surface area contributed by atoms with Crippen LogP contribution in [-0.4, -0.2) is 36.0 Å². The summed E-state index contributed by atoms with van der Waals surface area (Å²) in [6, 6.07) is 2.60. The van der Waals surface area contributed by atoms with Crippen LogP contribution in [0.5, 0.6) is 0 Å². The normalized spacial score (nSPS) is 23.5. The van der Waals surface area contributed by atoms with Gasteiger partial charge in [0.2, 0.25) is 5.91 Å². The van der Waals surface area contributed by atoms with Crippen molar-refractivity contribution in [2.24, 2.45) is 0 Å². The lowest BCUT2D eigenvalue weighted by Crippen LogP contribution is -2.46. The lowest BCUT2D eigenvalue weighted by molar-refractivity contribution is -0.150. The summed E-state index contributed by atoms with van der Waals surface area (Å²) in [5.74, 6) is -1.08. The third kappa shape index (κ3) is 2.48. The predicted molar refractivity (Wildman–Crippen MR) is 83.8 cm³/mol. The smallest absolute Gasteiger partial charge is 0.328 e. The highest BCUT2D eigenvalue weighted by Gasteiger charge is 2.43. The Labute approximate surface area is 133 Å². The molecule has 0 spiro atoms. The monoisotopic (exact) mass is 318 g/mol. The molecule has 2 heterocycles. The molecule has 2 N–H and O–H groups in total. The van der Waals surface area contributed by atoms with E-state index in [2.05, 4.69) is 0 Å². The van der Waals surface area contributed by atoms with Gasteiger partial charge in [-0.1, -0.05) is 6.07 Å². The number of esters is 1. The molecule has 3 rings (SSSR count). The van der Waals surface area contributed by atoms with Crippen LogP contribution in [0.1, 0.15) is 30.4 Å². The summed E-state index contributed by atoms with van der Waals surface area (Å²) in [5.41, 5.74) is 7.64. The predicted octanol–water partition coefficient (Wildman–Crippen LogP) is 2.04. The van der Waals surface area contributed by atoms with Crippen LogP contribution in [0.25, 0.3) is 5.57 Å². The van der Waals surface area contributed by atoms with Gasteiger partial charge in [0.15, 0.2) is 0 Å². The lowest BCUT2D eigenvalue weighted by Gasteiger charge is -2.32. The van der Waals surface area contributed by atoms with Gasteiger partial charge >= 0.3 is 5.97 Å². The number of fused-ring (bicyclic) bond motifs is 1. The van der Waals surface area contributed by atoms with Gasteiger partial charge in [0.1, 0.15) is 11.9 Å². The summed E-state index contributed by atoms with van der Waals surface area (Å²) in [5, 5.41) is 0. The van der Waals surface area contributed by atoms with Crippen molar-refractivity contribution in [3.05, 3.63) is 35.2 Å². The average Bonchev–Trinajstić information content (AvgIpc) is 2.95. The summed E-state index contributed by atoms with van der Waals surface area (Å²) >= 11 is 0. The number of aryl methyl sites for hydroxylation is 1. The van der Waals surface area contributed by atoms with E-state index in [0.29, 0.717) is 41.6 Å². The summed E-state index contributed by atoms with van der Waals surface area (Å²) in [6.45, 7) is 1.67. The molecule has 2 aliphatic heterocycles. The summed E-state index contributed by atoms with van der Waals surface area (Å²) in [4.78, 5) is 25.8. The minimum atomic E-state index is -0.546. The molecule has 0 saturated carbocycles. The Morgan fingerprint density at radius 3 is 2.83 bits per heavy atom. The molecule has 0 aliphatic carbocycles. The number of hydrogen-bond acceptors (Lipinski definition) is 4. The molecule has 1 saturated heterocycles. The molecule has 6 heteroatoms. The number of ether oxygens (including phenoxy) is 1. The zero-order valence-electron chi connectivity index (χ0n) is 13.1. The third-order valence-corrected chi connectivity index (χ3v) is 4.67. The van der Waals surface area contributed by atoms with E-state index in [-0.39, 0.29) is 17.8 Å². The van der Waals surface area contributed by atoms with Crippen molar-refractivity contribution >= 4 is 23.1 Å². The molecular formula is C17H19FN2O3. The van der Waals surface area contributed by atoms with Gasteiger partial charge in [0.05, 0.1) is 7.11 Å². The average molecular weight is 318 g/mol. The molecule has 0 aromatic heterocycles. The second-order valence-electron chi connectivity index (χ2n) is 6.05. The Hall–Kier alpha value is -2.37. The van der Waals surface area contributed by atoms with E-state index in [9.17, 15) is 14.0 Å². The molecule has 1 unspecified atom stereocenters. The van der Waals surface area contributed by atoms with E-state index in [4.69, 9.17) is 10.5 Å².